The van der Waals surface area contributed by atoms with Crippen LogP contribution in [0.2, 0.25) is 0 Å². The van der Waals surface area contributed by atoms with Gasteiger partial charge in [-0.1, -0.05) is 34.5 Å². The second-order valence-electron chi connectivity index (χ2n) is 6.00. The summed E-state index contributed by atoms with van der Waals surface area (Å²) in [7, 11) is 0. The third-order valence-electron chi connectivity index (χ3n) is 4.44. The zero-order valence-corrected chi connectivity index (χ0v) is 15.2. The number of fused-ring (bicyclic) bond motifs is 1. The standard InChI is InChI=1S/C17H22BrN3.ClH/c1-12(19)16-6-2-3-10-21(16)11-13-7-8-15(18)14-5-4-9-20-17(13)14;/h4-5,7-9,12,16H,2-3,6,10-11,19H2,1H3;1H. The predicted octanol–water partition coefficient (Wildman–Crippen LogP) is 4.12. The van der Waals surface area contributed by atoms with E-state index in [0.717, 1.165) is 23.1 Å². The Bertz CT molecular complexity index is 632. The molecule has 2 aromatic rings. The molecule has 1 aromatic carbocycles. The summed E-state index contributed by atoms with van der Waals surface area (Å²) < 4.78 is 1.11. The summed E-state index contributed by atoms with van der Waals surface area (Å²) in [5.41, 5.74) is 8.57. The number of piperidine rings is 1. The number of halogens is 2. The lowest BCUT2D eigenvalue weighted by Crippen LogP contribution is -2.48. The van der Waals surface area contributed by atoms with Gasteiger partial charge in [0.05, 0.1) is 5.52 Å². The average Bonchev–Trinajstić information content (AvgIpc) is 2.51. The first kappa shape index (κ1) is 17.7. The maximum atomic E-state index is 6.18. The molecule has 2 N–H and O–H groups in total. The minimum absolute atomic E-state index is 0. The first-order valence-corrected chi connectivity index (χ1v) is 8.48. The molecular weight excluding hydrogens is 362 g/mol. The zero-order chi connectivity index (χ0) is 14.8. The van der Waals surface area contributed by atoms with Crippen LogP contribution in [-0.4, -0.2) is 28.5 Å². The molecule has 5 heteroatoms. The van der Waals surface area contributed by atoms with E-state index in [-0.39, 0.29) is 18.4 Å². The minimum atomic E-state index is 0. The van der Waals surface area contributed by atoms with Gasteiger partial charge in [-0.15, -0.1) is 12.4 Å². The third kappa shape index (κ3) is 3.62. The number of hydrogen-bond acceptors (Lipinski definition) is 3. The first-order valence-electron chi connectivity index (χ1n) is 7.68. The molecule has 1 aliphatic heterocycles. The van der Waals surface area contributed by atoms with Crippen LogP contribution in [0.25, 0.3) is 10.9 Å². The fourth-order valence-electron chi connectivity index (χ4n) is 3.35. The molecule has 1 saturated heterocycles. The monoisotopic (exact) mass is 383 g/mol. The Morgan fingerprint density at radius 1 is 1.36 bits per heavy atom. The molecule has 1 aromatic heterocycles. The van der Waals surface area contributed by atoms with Gasteiger partial charge in [-0.3, -0.25) is 9.88 Å². The van der Waals surface area contributed by atoms with E-state index in [1.165, 1.54) is 30.2 Å². The van der Waals surface area contributed by atoms with Gasteiger partial charge in [0, 0.05) is 34.7 Å². The van der Waals surface area contributed by atoms with Crippen molar-refractivity contribution < 1.29 is 0 Å². The summed E-state index contributed by atoms with van der Waals surface area (Å²) in [6.07, 6.45) is 5.64. The Hall–Kier alpha value is -0.680. The van der Waals surface area contributed by atoms with E-state index in [2.05, 4.69) is 50.9 Å². The van der Waals surface area contributed by atoms with E-state index in [1.54, 1.807) is 0 Å². The van der Waals surface area contributed by atoms with E-state index < -0.39 is 0 Å². The molecule has 0 spiro atoms. The molecular formula is C17H23BrClN3. The molecule has 0 amide bonds. The summed E-state index contributed by atoms with van der Waals surface area (Å²) in [5, 5.41) is 1.18. The van der Waals surface area contributed by atoms with Crippen molar-refractivity contribution in [2.45, 2.75) is 44.8 Å². The van der Waals surface area contributed by atoms with E-state index >= 15 is 0 Å². The van der Waals surface area contributed by atoms with Crippen molar-refractivity contribution in [2.24, 2.45) is 5.73 Å². The van der Waals surface area contributed by atoms with Gasteiger partial charge in [-0.25, -0.2) is 0 Å². The largest absolute Gasteiger partial charge is 0.327 e. The van der Waals surface area contributed by atoms with E-state index in [0.29, 0.717) is 6.04 Å². The topological polar surface area (TPSA) is 42.1 Å². The summed E-state index contributed by atoms with van der Waals surface area (Å²) in [6, 6.07) is 9.13. The molecule has 3 nitrogen and oxygen atoms in total. The lowest BCUT2D eigenvalue weighted by molar-refractivity contribution is 0.123. The molecule has 0 saturated carbocycles. The van der Waals surface area contributed by atoms with E-state index in [4.69, 9.17) is 5.73 Å². The van der Waals surface area contributed by atoms with Crippen molar-refractivity contribution in [2.75, 3.05) is 6.54 Å². The number of nitrogens with two attached hydrogens (primary N) is 1. The van der Waals surface area contributed by atoms with Crippen LogP contribution >= 0.6 is 28.3 Å². The number of hydrogen-bond donors (Lipinski definition) is 1. The quantitative estimate of drug-likeness (QED) is 0.865. The van der Waals surface area contributed by atoms with Crippen molar-refractivity contribution in [1.29, 1.82) is 0 Å². The molecule has 2 atom stereocenters. The summed E-state index contributed by atoms with van der Waals surface area (Å²) in [4.78, 5) is 7.12. The van der Waals surface area contributed by atoms with Gasteiger partial charge in [0.25, 0.3) is 0 Å². The lowest BCUT2D eigenvalue weighted by atomic mass is 9.96. The highest BCUT2D eigenvalue weighted by Crippen LogP contribution is 2.28. The summed E-state index contributed by atoms with van der Waals surface area (Å²) in [6.45, 7) is 4.20. The minimum Gasteiger partial charge on any atom is -0.327 e. The highest BCUT2D eigenvalue weighted by atomic mass is 79.9. The molecule has 22 heavy (non-hydrogen) atoms. The first-order chi connectivity index (χ1) is 10.2. The third-order valence-corrected chi connectivity index (χ3v) is 5.14. The molecule has 1 fully saturated rings. The Balaban J connectivity index is 0.00000176. The molecule has 2 heterocycles. The van der Waals surface area contributed by atoms with Gasteiger partial charge in [0.15, 0.2) is 0 Å². The summed E-state index contributed by atoms with van der Waals surface area (Å²) in [5.74, 6) is 0. The van der Waals surface area contributed by atoms with E-state index in [1.807, 2.05) is 12.3 Å². The second-order valence-corrected chi connectivity index (χ2v) is 6.85. The second kappa shape index (κ2) is 7.73. The summed E-state index contributed by atoms with van der Waals surface area (Å²) >= 11 is 3.62. The number of benzene rings is 1. The van der Waals surface area contributed by atoms with Crippen LogP contribution in [0, 0.1) is 0 Å². The fourth-order valence-corrected chi connectivity index (χ4v) is 3.80. The number of nitrogens with zero attached hydrogens (tertiary/aromatic N) is 2. The van der Waals surface area contributed by atoms with Crippen molar-refractivity contribution in [3.05, 3.63) is 40.5 Å². The van der Waals surface area contributed by atoms with Crippen molar-refractivity contribution in [3.63, 3.8) is 0 Å². The van der Waals surface area contributed by atoms with Gasteiger partial charge < -0.3 is 5.73 Å². The van der Waals surface area contributed by atoms with Gasteiger partial charge in [-0.05, 0) is 44.0 Å². The smallest absolute Gasteiger partial charge is 0.0758 e. The number of pyridine rings is 1. The Labute approximate surface area is 146 Å². The fraction of sp³-hybridized carbons (Fsp3) is 0.471. The van der Waals surface area contributed by atoms with Crippen LogP contribution in [0.4, 0.5) is 0 Å². The maximum absolute atomic E-state index is 6.18. The zero-order valence-electron chi connectivity index (χ0n) is 12.8. The highest BCUT2D eigenvalue weighted by molar-refractivity contribution is 9.10. The Kier molecular flexibility index (Phi) is 6.21. The van der Waals surface area contributed by atoms with Crippen LogP contribution in [0.5, 0.6) is 0 Å². The Morgan fingerprint density at radius 3 is 2.95 bits per heavy atom. The Morgan fingerprint density at radius 2 is 2.18 bits per heavy atom. The van der Waals surface area contributed by atoms with Crippen LogP contribution < -0.4 is 5.73 Å². The molecule has 0 radical (unpaired) electrons. The van der Waals surface area contributed by atoms with Crippen LogP contribution in [0.15, 0.2) is 34.9 Å². The van der Waals surface area contributed by atoms with Gasteiger partial charge in [0.1, 0.15) is 0 Å². The predicted molar refractivity (Wildman–Crippen MR) is 98.4 cm³/mol. The molecule has 0 aliphatic carbocycles. The number of likely N-dealkylation sites (tertiary alicyclic amines) is 1. The van der Waals surface area contributed by atoms with Gasteiger partial charge in [0.2, 0.25) is 0 Å². The molecule has 120 valence electrons. The number of rotatable bonds is 3. The van der Waals surface area contributed by atoms with Crippen molar-refractivity contribution in [1.82, 2.24) is 9.88 Å². The average molecular weight is 385 g/mol. The highest BCUT2D eigenvalue weighted by Gasteiger charge is 2.25. The lowest BCUT2D eigenvalue weighted by Gasteiger charge is -2.38. The number of aromatic nitrogens is 1. The van der Waals surface area contributed by atoms with Crippen molar-refractivity contribution in [3.8, 4) is 0 Å². The molecule has 0 bridgehead atoms. The van der Waals surface area contributed by atoms with Gasteiger partial charge in [-0.2, -0.15) is 0 Å². The van der Waals surface area contributed by atoms with Crippen LogP contribution in [0.1, 0.15) is 31.7 Å². The molecule has 2 unspecified atom stereocenters. The molecule has 1 aliphatic rings. The normalized spacial score (nSPS) is 20.6. The van der Waals surface area contributed by atoms with E-state index in [9.17, 15) is 0 Å². The van der Waals surface area contributed by atoms with Crippen LogP contribution in [0.3, 0.4) is 0 Å². The van der Waals surface area contributed by atoms with Crippen LogP contribution in [-0.2, 0) is 6.54 Å². The maximum Gasteiger partial charge on any atom is 0.0758 e. The van der Waals surface area contributed by atoms with Gasteiger partial charge >= 0.3 is 0 Å². The van der Waals surface area contributed by atoms with Crippen molar-refractivity contribution >= 4 is 39.2 Å². The molecule has 3 rings (SSSR count). The SMILES string of the molecule is CC(N)C1CCCCN1Cc1ccc(Br)c2cccnc12.Cl.